The molecule has 2 heterocycles. The van der Waals surface area contributed by atoms with E-state index in [1.807, 2.05) is 7.05 Å². The maximum Gasteiger partial charge on any atom is 0.317 e. The molecular weight excluding hydrogens is 230 g/mol. The lowest BCUT2D eigenvalue weighted by Gasteiger charge is -2.39. The first-order valence-electron chi connectivity index (χ1n) is 6.48. The molecule has 2 saturated heterocycles. The Balaban J connectivity index is 2.51. The molecule has 2 aliphatic heterocycles. The number of fused-ring (bicyclic) bond motifs is 2. The molecule has 2 aliphatic rings. The number of ketones is 1. The van der Waals surface area contributed by atoms with Crippen molar-refractivity contribution in [1.29, 1.82) is 0 Å². The summed E-state index contributed by atoms with van der Waals surface area (Å²) in [7, 11) is 3.38. The van der Waals surface area contributed by atoms with E-state index in [9.17, 15) is 9.59 Å². The fourth-order valence-electron chi connectivity index (χ4n) is 3.95. The lowest BCUT2D eigenvalue weighted by atomic mass is 9.64. The van der Waals surface area contributed by atoms with Crippen LogP contribution in [0.15, 0.2) is 0 Å². The van der Waals surface area contributed by atoms with Gasteiger partial charge in [0.05, 0.1) is 7.11 Å². The van der Waals surface area contributed by atoms with Gasteiger partial charge >= 0.3 is 5.97 Å². The molecule has 3 atom stereocenters. The van der Waals surface area contributed by atoms with Gasteiger partial charge in [-0.1, -0.05) is 27.7 Å². The molecule has 0 unspecified atom stereocenters. The summed E-state index contributed by atoms with van der Waals surface area (Å²) in [6.07, 6.45) is 0.448. The number of hydrogen-bond acceptors (Lipinski definition) is 4. The number of Topliss-reactive ketones (excluding diaryl/α,β-unsaturated/α-hetero) is 1. The molecule has 0 amide bonds. The predicted octanol–water partition coefficient (Wildman–Crippen LogP) is 1.48. The molecular formula is C14H23NO3. The molecule has 0 radical (unpaired) electrons. The summed E-state index contributed by atoms with van der Waals surface area (Å²) in [6, 6.07) is 0.150. The second-order valence-electron chi connectivity index (χ2n) is 6.74. The largest absolute Gasteiger partial charge is 0.468 e. The van der Waals surface area contributed by atoms with Crippen molar-refractivity contribution in [2.45, 2.75) is 46.2 Å². The molecule has 102 valence electrons. The first-order valence-corrected chi connectivity index (χ1v) is 6.48. The number of methoxy groups -OCH3 is 1. The zero-order valence-electron chi connectivity index (χ0n) is 12.1. The van der Waals surface area contributed by atoms with Crippen molar-refractivity contribution >= 4 is 11.8 Å². The van der Waals surface area contributed by atoms with Gasteiger partial charge in [0, 0.05) is 18.5 Å². The van der Waals surface area contributed by atoms with E-state index >= 15 is 0 Å². The van der Waals surface area contributed by atoms with Crippen LogP contribution in [0.1, 0.15) is 34.1 Å². The number of carbonyl (C=O) groups is 2. The van der Waals surface area contributed by atoms with E-state index in [0.717, 1.165) is 0 Å². The molecule has 2 fully saturated rings. The highest BCUT2D eigenvalue weighted by atomic mass is 16.5. The Labute approximate surface area is 109 Å². The third kappa shape index (κ3) is 1.41. The normalized spacial score (nSPS) is 37.7. The molecule has 0 aliphatic carbocycles. The minimum absolute atomic E-state index is 0.00481. The van der Waals surface area contributed by atoms with Gasteiger partial charge in [-0.2, -0.15) is 0 Å². The number of rotatable bonds is 1. The van der Waals surface area contributed by atoms with E-state index in [2.05, 4.69) is 32.6 Å². The molecule has 0 aromatic heterocycles. The molecule has 0 saturated carbocycles. The Morgan fingerprint density at radius 1 is 1.28 bits per heavy atom. The number of piperidine rings is 1. The summed E-state index contributed by atoms with van der Waals surface area (Å²) in [6.45, 7) is 8.70. The Hall–Kier alpha value is -0.900. The van der Waals surface area contributed by atoms with Crippen molar-refractivity contribution in [3.63, 3.8) is 0 Å². The van der Waals surface area contributed by atoms with Crippen LogP contribution in [0.2, 0.25) is 0 Å². The second kappa shape index (κ2) is 3.80. The van der Waals surface area contributed by atoms with Crippen LogP contribution < -0.4 is 0 Å². The summed E-state index contributed by atoms with van der Waals surface area (Å²) in [5, 5.41) is 0. The summed E-state index contributed by atoms with van der Waals surface area (Å²) >= 11 is 0. The molecule has 4 heteroatoms. The maximum absolute atomic E-state index is 12.2. The second-order valence-corrected chi connectivity index (χ2v) is 6.74. The van der Waals surface area contributed by atoms with Crippen molar-refractivity contribution in [1.82, 2.24) is 4.90 Å². The molecule has 0 spiro atoms. The van der Waals surface area contributed by atoms with Gasteiger partial charge in [-0.15, -0.1) is 0 Å². The predicted molar refractivity (Wildman–Crippen MR) is 68.0 cm³/mol. The van der Waals surface area contributed by atoms with Crippen LogP contribution in [0.3, 0.4) is 0 Å². The quantitative estimate of drug-likeness (QED) is 0.524. The smallest absolute Gasteiger partial charge is 0.317 e. The number of ether oxygens (including phenoxy) is 1. The van der Waals surface area contributed by atoms with Gasteiger partial charge in [0.1, 0.15) is 11.7 Å². The zero-order chi connectivity index (χ0) is 13.9. The first-order chi connectivity index (χ1) is 8.16. The van der Waals surface area contributed by atoms with Gasteiger partial charge in [0.25, 0.3) is 0 Å². The van der Waals surface area contributed by atoms with E-state index in [-0.39, 0.29) is 34.7 Å². The first kappa shape index (κ1) is 13.5. The van der Waals surface area contributed by atoms with Gasteiger partial charge in [-0.3, -0.25) is 14.5 Å². The Morgan fingerprint density at radius 3 is 2.33 bits per heavy atom. The highest BCUT2D eigenvalue weighted by Crippen LogP contribution is 2.58. The van der Waals surface area contributed by atoms with Crippen LogP contribution >= 0.6 is 0 Å². The number of carbonyl (C=O) groups excluding carboxylic acids is 2. The molecule has 4 nitrogen and oxygen atoms in total. The average molecular weight is 253 g/mol. The van der Waals surface area contributed by atoms with E-state index in [4.69, 9.17) is 4.74 Å². The molecule has 0 aromatic carbocycles. The summed E-state index contributed by atoms with van der Waals surface area (Å²) < 4.78 is 4.83. The highest BCUT2D eigenvalue weighted by Gasteiger charge is 2.65. The van der Waals surface area contributed by atoms with E-state index in [1.165, 1.54) is 7.11 Å². The fraction of sp³-hybridized carbons (Fsp3) is 0.857. The van der Waals surface area contributed by atoms with Crippen molar-refractivity contribution in [3.05, 3.63) is 0 Å². The van der Waals surface area contributed by atoms with E-state index in [1.54, 1.807) is 0 Å². The van der Waals surface area contributed by atoms with Crippen LogP contribution in [0, 0.1) is 16.7 Å². The van der Waals surface area contributed by atoms with Crippen LogP contribution in [-0.4, -0.2) is 42.9 Å². The maximum atomic E-state index is 12.2. The number of nitrogens with zero attached hydrogens (tertiary/aromatic N) is 1. The van der Waals surface area contributed by atoms with E-state index in [0.29, 0.717) is 6.42 Å². The molecule has 2 bridgehead atoms. The SMILES string of the molecule is COC(=O)[C@H]1C(=O)C[C@@H]2N(C)[C@@H]1C(C)(C)C2(C)C. The third-order valence-corrected chi connectivity index (χ3v) is 5.68. The van der Waals surface area contributed by atoms with Gasteiger partial charge in [0.2, 0.25) is 0 Å². The number of esters is 1. The highest BCUT2D eigenvalue weighted by molar-refractivity contribution is 6.01. The third-order valence-electron chi connectivity index (χ3n) is 5.68. The Bertz CT molecular complexity index is 400. The Morgan fingerprint density at radius 2 is 1.83 bits per heavy atom. The van der Waals surface area contributed by atoms with Crippen LogP contribution in [0.4, 0.5) is 0 Å². The zero-order valence-corrected chi connectivity index (χ0v) is 12.1. The minimum Gasteiger partial charge on any atom is -0.468 e. The van der Waals surface area contributed by atoms with Crippen molar-refractivity contribution < 1.29 is 14.3 Å². The summed E-state index contributed by atoms with van der Waals surface area (Å²) in [4.78, 5) is 26.4. The van der Waals surface area contributed by atoms with Crippen molar-refractivity contribution in [2.75, 3.05) is 14.2 Å². The van der Waals surface area contributed by atoms with Gasteiger partial charge < -0.3 is 4.74 Å². The summed E-state index contributed by atoms with van der Waals surface area (Å²) in [5.41, 5.74) is -0.0950. The monoisotopic (exact) mass is 253 g/mol. The van der Waals surface area contributed by atoms with Crippen LogP contribution in [-0.2, 0) is 14.3 Å². The Kier molecular flexibility index (Phi) is 2.85. The van der Waals surface area contributed by atoms with Crippen LogP contribution in [0.25, 0.3) is 0 Å². The lowest BCUT2D eigenvalue weighted by molar-refractivity contribution is -0.155. The van der Waals surface area contributed by atoms with Crippen LogP contribution in [0.5, 0.6) is 0 Å². The fourth-order valence-corrected chi connectivity index (χ4v) is 3.95. The molecule has 2 rings (SSSR count). The topological polar surface area (TPSA) is 46.6 Å². The minimum atomic E-state index is -0.631. The van der Waals surface area contributed by atoms with E-state index < -0.39 is 5.92 Å². The molecule has 0 aromatic rings. The lowest BCUT2D eigenvalue weighted by Crippen LogP contribution is -2.53. The van der Waals surface area contributed by atoms with Crippen molar-refractivity contribution in [3.8, 4) is 0 Å². The van der Waals surface area contributed by atoms with Gasteiger partial charge in [-0.05, 0) is 17.9 Å². The molecule has 0 N–H and O–H groups in total. The average Bonchev–Trinajstić information content (AvgIpc) is 2.36. The van der Waals surface area contributed by atoms with Gasteiger partial charge in [-0.25, -0.2) is 0 Å². The molecule has 18 heavy (non-hydrogen) atoms. The standard InChI is InChI=1S/C14H23NO3/c1-13(2)9-7-8(16)10(12(17)18-6)11(15(9)5)14(13,3)4/h9-11H,7H2,1-6H3/t9-,10-,11-/m0/s1. The van der Waals surface area contributed by atoms with Crippen molar-refractivity contribution in [2.24, 2.45) is 16.7 Å². The van der Waals surface area contributed by atoms with Gasteiger partial charge in [0.15, 0.2) is 0 Å². The number of hydrogen-bond donors (Lipinski definition) is 0. The summed E-state index contributed by atoms with van der Waals surface area (Å²) in [5.74, 6) is -0.984.